The molecule has 1 atom stereocenters. The Morgan fingerprint density at radius 1 is 1.44 bits per heavy atom. The van der Waals surface area contributed by atoms with Crippen LogP contribution in [0.3, 0.4) is 0 Å². The van der Waals surface area contributed by atoms with E-state index in [0.717, 1.165) is 11.7 Å². The van der Waals surface area contributed by atoms with Crippen LogP contribution in [0.2, 0.25) is 0 Å². The topological polar surface area (TPSA) is 30.5 Å². The van der Waals surface area contributed by atoms with Gasteiger partial charge in [0.15, 0.2) is 0 Å². The summed E-state index contributed by atoms with van der Waals surface area (Å²) in [6.07, 6.45) is 0. The molecule has 5 heteroatoms. The van der Waals surface area contributed by atoms with Gasteiger partial charge in [-0.05, 0) is 12.5 Å². The minimum atomic E-state index is 0.369. The number of hydrogen-bond acceptors (Lipinski definition) is 4. The van der Waals surface area contributed by atoms with Gasteiger partial charge in [-0.1, -0.05) is 11.6 Å². The first-order valence-electron chi connectivity index (χ1n) is 5.91. The van der Waals surface area contributed by atoms with Crippen LogP contribution >= 0.6 is 11.6 Å². The lowest BCUT2D eigenvalue weighted by Crippen LogP contribution is -2.71. The zero-order valence-corrected chi connectivity index (χ0v) is 10.6. The molecule has 3 heterocycles. The van der Waals surface area contributed by atoms with Gasteiger partial charge >= 0.3 is 0 Å². The van der Waals surface area contributed by atoms with Crippen LogP contribution < -0.4 is 10.7 Å². The molecule has 0 aromatic heterocycles. The van der Waals surface area contributed by atoms with Crippen molar-refractivity contribution in [2.45, 2.75) is 13.0 Å². The van der Waals surface area contributed by atoms with E-state index in [1.165, 1.54) is 31.8 Å². The summed E-state index contributed by atoms with van der Waals surface area (Å²) in [6.45, 7) is 8.03. The van der Waals surface area contributed by atoms with Gasteiger partial charge < -0.3 is 10.3 Å². The number of hydrogen-bond donors (Lipinski definition) is 2. The van der Waals surface area contributed by atoms with Crippen molar-refractivity contribution in [3.05, 3.63) is 10.7 Å². The third-order valence-corrected chi connectivity index (χ3v) is 4.48. The van der Waals surface area contributed by atoms with Crippen LogP contribution in [0.4, 0.5) is 0 Å². The monoisotopic (exact) mass is 242 g/mol. The first-order chi connectivity index (χ1) is 7.60. The fourth-order valence-electron chi connectivity index (χ4n) is 2.98. The quantitative estimate of drug-likeness (QED) is 0.677. The number of halogens is 1. The van der Waals surface area contributed by atoms with Crippen LogP contribution in [0, 0.1) is 5.41 Å². The molecule has 4 nitrogen and oxygen atoms in total. The van der Waals surface area contributed by atoms with E-state index >= 15 is 0 Å². The van der Waals surface area contributed by atoms with E-state index < -0.39 is 0 Å². The molecule has 0 saturated carbocycles. The predicted molar refractivity (Wildman–Crippen MR) is 65.0 cm³/mol. The number of hydrazine groups is 1. The molecule has 2 saturated heterocycles. The minimum Gasteiger partial charge on any atom is -0.315 e. The fourth-order valence-corrected chi connectivity index (χ4v) is 3.25. The highest BCUT2D eigenvalue weighted by molar-refractivity contribution is 6.29. The lowest BCUT2D eigenvalue weighted by atomic mass is 9.74. The van der Waals surface area contributed by atoms with Gasteiger partial charge in [-0.15, -0.1) is 0 Å². The average Bonchev–Trinajstić information content (AvgIpc) is 2.33. The Bertz CT molecular complexity index is 329. The molecule has 0 aromatic carbocycles. The zero-order chi connectivity index (χ0) is 11.3. The van der Waals surface area contributed by atoms with Gasteiger partial charge in [0.2, 0.25) is 0 Å². The Balaban J connectivity index is 1.59. The molecular weight excluding hydrogens is 224 g/mol. The first-order valence-corrected chi connectivity index (χ1v) is 6.29. The van der Waals surface area contributed by atoms with Crippen LogP contribution in [0.25, 0.3) is 0 Å². The molecule has 16 heavy (non-hydrogen) atoms. The zero-order valence-electron chi connectivity index (χ0n) is 9.89. The van der Waals surface area contributed by atoms with Crippen molar-refractivity contribution in [1.29, 1.82) is 0 Å². The molecule has 0 radical (unpaired) electrons. The van der Waals surface area contributed by atoms with Crippen LogP contribution in [0.1, 0.15) is 6.92 Å². The summed E-state index contributed by atoms with van der Waals surface area (Å²) in [5.41, 5.74) is 5.24. The molecule has 0 aliphatic carbocycles. The number of likely N-dealkylation sites (tertiary alicyclic amines) is 1. The second-order valence-corrected chi connectivity index (χ2v) is 5.83. The summed E-state index contributed by atoms with van der Waals surface area (Å²) in [5.74, 6) is 0. The number of nitrogens with one attached hydrogen (secondary N) is 2. The third-order valence-electron chi connectivity index (χ3n) is 3.98. The summed E-state index contributed by atoms with van der Waals surface area (Å²) >= 11 is 6.27. The van der Waals surface area contributed by atoms with E-state index in [2.05, 4.69) is 22.6 Å². The molecule has 3 aliphatic rings. The summed E-state index contributed by atoms with van der Waals surface area (Å²) in [5, 5.41) is 6.15. The molecule has 2 fully saturated rings. The third kappa shape index (κ3) is 1.56. The maximum absolute atomic E-state index is 6.27. The Morgan fingerprint density at radius 2 is 2.12 bits per heavy atom. The molecular formula is C11H19ClN4. The van der Waals surface area contributed by atoms with E-state index in [9.17, 15) is 0 Å². The smallest absolute Gasteiger partial charge is 0.120 e. The van der Waals surface area contributed by atoms with E-state index in [-0.39, 0.29) is 0 Å². The molecule has 0 bridgehead atoms. The molecule has 3 aliphatic heterocycles. The van der Waals surface area contributed by atoms with Crippen LogP contribution in [-0.4, -0.2) is 55.7 Å². The second-order valence-electron chi connectivity index (χ2n) is 5.47. The maximum Gasteiger partial charge on any atom is 0.120 e. The van der Waals surface area contributed by atoms with Gasteiger partial charge in [0.1, 0.15) is 5.16 Å². The molecule has 0 aromatic rings. The number of nitrogens with zero attached hydrogens (tertiary/aromatic N) is 2. The normalized spacial score (nSPS) is 33.2. The minimum absolute atomic E-state index is 0.369. The van der Waals surface area contributed by atoms with Crippen molar-refractivity contribution >= 4 is 11.6 Å². The molecule has 0 amide bonds. The van der Waals surface area contributed by atoms with Crippen LogP contribution in [-0.2, 0) is 0 Å². The Labute approximate surface area is 102 Å². The summed E-state index contributed by atoms with van der Waals surface area (Å²) in [6, 6.07) is 0.369. The molecule has 2 N–H and O–H groups in total. The van der Waals surface area contributed by atoms with Crippen molar-refractivity contribution in [1.82, 2.24) is 20.7 Å². The average molecular weight is 243 g/mol. The molecule has 3 rings (SSSR count). The van der Waals surface area contributed by atoms with Crippen molar-refractivity contribution in [3.8, 4) is 0 Å². The van der Waals surface area contributed by atoms with Crippen molar-refractivity contribution in [2.24, 2.45) is 5.41 Å². The fraction of sp³-hybridized carbons (Fsp3) is 0.818. The molecule has 1 unspecified atom stereocenters. The van der Waals surface area contributed by atoms with Gasteiger partial charge in [-0.2, -0.15) is 0 Å². The standard InChI is InChI=1S/C11H19ClN4/c1-8-9(10(12)15(2)14-8)3-16-6-11(7-16)4-13-5-11/h8,13-14H,3-7H2,1-2H3. The number of rotatable bonds is 2. The van der Waals surface area contributed by atoms with E-state index in [1.807, 2.05) is 12.1 Å². The first kappa shape index (κ1) is 10.8. The summed E-state index contributed by atoms with van der Waals surface area (Å²) in [7, 11) is 1.97. The Hall–Kier alpha value is -0.290. The summed E-state index contributed by atoms with van der Waals surface area (Å²) in [4.78, 5) is 2.50. The summed E-state index contributed by atoms with van der Waals surface area (Å²) < 4.78 is 0. The van der Waals surface area contributed by atoms with Gasteiger partial charge in [0.25, 0.3) is 0 Å². The van der Waals surface area contributed by atoms with Crippen molar-refractivity contribution in [3.63, 3.8) is 0 Å². The van der Waals surface area contributed by atoms with Gasteiger partial charge in [-0.25, -0.2) is 5.43 Å². The Morgan fingerprint density at radius 3 is 2.56 bits per heavy atom. The maximum atomic E-state index is 6.27. The predicted octanol–water partition coefficient (Wildman–Crippen LogP) is 0.181. The lowest BCUT2D eigenvalue weighted by molar-refractivity contribution is -0.0338. The van der Waals surface area contributed by atoms with Crippen molar-refractivity contribution < 1.29 is 0 Å². The van der Waals surface area contributed by atoms with Gasteiger partial charge in [0, 0.05) is 51.2 Å². The van der Waals surface area contributed by atoms with Gasteiger partial charge in [0.05, 0.1) is 0 Å². The highest BCUT2D eigenvalue weighted by Crippen LogP contribution is 2.35. The van der Waals surface area contributed by atoms with E-state index in [0.29, 0.717) is 11.5 Å². The van der Waals surface area contributed by atoms with E-state index in [1.54, 1.807) is 0 Å². The SMILES string of the molecule is CC1NN(C)C(Cl)=C1CN1CC2(CNC2)C1. The Kier molecular flexibility index (Phi) is 2.44. The van der Waals surface area contributed by atoms with Crippen LogP contribution in [0.15, 0.2) is 10.7 Å². The second kappa shape index (κ2) is 3.60. The largest absolute Gasteiger partial charge is 0.315 e. The van der Waals surface area contributed by atoms with Gasteiger partial charge in [-0.3, -0.25) is 4.90 Å². The lowest BCUT2D eigenvalue weighted by Gasteiger charge is -2.56. The van der Waals surface area contributed by atoms with Crippen LogP contribution in [0.5, 0.6) is 0 Å². The molecule has 1 spiro atoms. The molecule has 90 valence electrons. The van der Waals surface area contributed by atoms with Crippen molar-refractivity contribution in [2.75, 3.05) is 39.8 Å². The highest BCUT2D eigenvalue weighted by atomic mass is 35.5. The van der Waals surface area contributed by atoms with E-state index in [4.69, 9.17) is 11.6 Å². The highest BCUT2D eigenvalue weighted by Gasteiger charge is 2.47.